The minimum atomic E-state index is 0.00319. The molecule has 0 aliphatic rings. The molecule has 0 bridgehead atoms. The monoisotopic (exact) mass is 251 g/mol. The number of nitrogens with zero attached hydrogens (tertiary/aromatic N) is 3. The lowest BCUT2D eigenvalue weighted by Crippen LogP contribution is -2.11. The van der Waals surface area contributed by atoms with Crippen LogP contribution in [0.3, 0.4) is 0 Å². The lowest BCUT2D eigenvalue weighted by atomic mass is 9.92. The average Bonchev–Trinajstić information content (AvgIpc) is 2.70. The molecule has 0 spiro atoms. The summed E-state index contributed by atoms with van der Waals surface area (Å²) in [7, 11) is 0. The van der Waals surface area contributed by atoms with Crippen molar-refractivity contribution in [2.24, 2.45) is 0 Å². The predicted molar refractivity (Wildman–Crippen MR) is 67.7 cm³/mol. The number of nitrogen functional groups attached to an aromatic ring is 1. The van der Waals surface area contributed by atoms with Crippen molar-refractivity contribution in [1.82, 2.24) is 20.2 Å². The predicted octanol–water partition coefficient (Wildman–Crippen LogP) is 2.40. The van der Waals surface area contributed by atoms with E-state index in [4.69, 9.17) is 17.3 Å². The summed E-state index contributed by atoms with van der Waals surface area (Å²) < 4.78 is 0. The molecule has 0 unspecified atom stereocenters. The minimum Gasteiger partial charge on any atom is -0.382 e. The van der Waals surface area contributed by atoms with Crippen molar-refractivity contribution in [3.8, 4) is 11.5 Å². The van der Waals surface area contributed by atoms with Crippen molar-refractivity contribution in [3.63, 3.8) is 0 Å². The van der Waals surface area contributed by atoms with Crippen molar-refractivity contribution in [2.45, 2.75) is 26.2 Å². The molecule has 90 valence electrons. The number of aromatic amines is 1. The zero-order valence-electron chi connectivity index (χ0n) is 9.95. The van der Waals surface area contributed by atoms with Crippen LogP contribution in [-0.2, 0) is 5.41 Å². The summed E-state index contributed by atoms with van der Waals surface area (Å²) in [6.07, 6.45) is 1.48. The minimum absolute atomic E-state index is 0.00319. The van der Waals surface area contributed by atoms with E-state index >= 15 is 0 Å². The molecule has 2 rings (SSSR count). The van der Waals surface area contributed by atoms with Gasteiger partial charge in [-0.05, 0) is 6.07 Å². The van der Waals surface area contributed by atoms with Crippen molar-refractivity contribution >= 4 is 17.4 Å². The topological polar surface area (TPSA) is 80.5 Å². The van der Waals surface area contributed by atoms with Crippen LogP contribution < -0.4 is 5.73 Å². The van der Waals surface area contributed by atoms with Crippen LogP contribution in [0.5, 0.6) is 0 Å². The zero-order valence-corrected chi connectivity index (χ0v) is 10.7. The molecule has 0 aliphatic heterocycles. The Morgan fingerprint density at radius 3 is 2.59 bits per heavy atom. The van der Waals surface area contributed by atoms with E-state index in [0.29, 0.717) is 16.5 Å². The number of nitrogens with two attached hydrogens (primary N) is 1. The van der Waals surface area contributed by atoms with Gasteiger partial charge in [0.2, 0.25) is 0 Å². The highest BCUT2D eigenvalue weighted by molar-refractivity contribution is 6.32. The second kappa shape index (κ2) is 4.00. The maximum absolute atomic E-state index is 5.77. The van der Waals surface area contributed by atoms with E-state index in [1.54, 1.807) is 0 Å². The van der Waals surface area contributed by atoms with Gasteiger partial charge in [-0.1, -0.05) is 32.4 Å². The molecular formula is C11H14ClN5. The van der Waals surface area contributed by atoms with Crippen molar-refractivity contribution in [3.05, 3.63) is 23.0 Å². The van der Waals surface area contributed by atoms with Crippen LogP contribution in [0.25, 0.3) is 11.5 Å². The molecule has 0 aliphatic carbocycles. The number of rotatable bonds is 1. The number of aromatic nitrogens is 4. The lowest BCUT2D eigenvalue weighted by Gasteiger charge is -2.14. The van der Waals surface area contributed by atoms with Crippen LogP contribution >= 0.6 is 11.6 Å². The Morgan fingerprint density at radius 2 is 2.06 bits per heavy atom. The normalized spacial score (nSPS) is 11.8. The van der Waals surface area contributed by atoms with Gasteiger partial charge in [0.15, 0.2) is 5.82 Å². The largest absolute Gasteiger partial charge is 0.382 e. The molecule has 5 nitrogen and oxygen atoms in total. The van der Waals surface area contributed by atoms with E-state index in [0.717, 1.165) is 5.69 Å². The number of hydrogen-bond donors (Lipinski definition) is 2. The number of anilines is 1. The molecule has 17 heavy (non-hydrogen) atoms. The molecule has 0 radical (unpaired) electrons. The maximum Gasteiger partial charge on any atom is 0.182 e. The van der Waals surface area contributed by atoms with Gasteiger partial charge in [-0.3, -0.25) is 5.10 Å². The first-order chi connectivity index (χ1) is 7.88. The molecule has 0 atom stereocenters. The summed E-state index contributed by atoms with van der Waals surface area (Å²) in [5.74, 6) is 0.732. The average molecular weight is 252 g/mol. The third-order valence-corrected chi connectivity index (χ3v) is 2.68. The Balaban J connectivity index is 2.40. The quantitative estimate of drug-likeness (QED) is 0.816. The molecule has 2 heterocycles. The van der Waals surface area contributed by atoms with Crippen molar-refractivity contribution in [1.29, 1.82) is 0 Å². The summed E-state index contributed by atoms with van der Waals surface area (Å²) in [6.45, 7) is 6.30. The molecule has 0 amide bonds. The van der Waals surface area contributed by atoms with Crippen LogP contribution in [0.2, 0.25) is 5.02 Å². The Hall–Kier alpha value is -1.62. The molecular weight excluding hydrogens is 238 g/mol. The van der Waals surface area contributed by atoms with Crippen LogP contribution in [0.1, 0.15) is 26.5 Å². The standard InChI is InChI=1S/C11H14ClN5/c1-11(2,3)8-4-7(16-17-8)10-14-5-6(12)9(13)15-10/h4-5H,1-3H3,(H,16,17)(H2,13,14,15). The van der Waals surface area contributed by atoms with E-state index in [2.05, 4.69) is 40.9 Å². The van der Waals surface area contributed by atoms with Gasteiger partial charge in [-0.2, -0.15) is 5.10 Å². The molecule has 0 aromatic carbocycles. The van der Waals surface area contributed by atoms with Crippen LogP contribution in [0.15, 0.2) is 12.3 Å². The Kier molecular flexibility index (Phi) is 2.79. The van der Waals surface area contributed by atoms with Crippen molar-refractivity contribution in [2.75, 3.05) is 5.73 Å². The van der Waals surface area contributed by atoms with Gasteiger partial charge in [-0.25, -0.2) is 9.97 Å². The molecule has 6 heteroatoms. The number of H-pyrrole nitrogens is 1. The second-order valence-electron chi connectivity index (χ2n) is 4.84. The highest BCUT2D eigenvalue weighted by Gasteiger charge is 2.18. The highest BCUT2D eigenvalue weighted by Crippen LogP contribution is 2.24. The summed E-state index contributed by atoms with van der Waals surface area (Å²) >= 11 is 5.77. The molecule has 2 aromatic heterocycles. The smallest absolute Gasteiger partial charge is 0.182 e. The first-order valence-corrected chi connectivity index (χ1v) is 5.60. The lowest BCUT2D eigenvalue weighted by molar-refractivity contribution is 0.567. The SMILES string of the molecule is CC(C)(C)c1cc(-c2ncc(Cl)c(N)n2)n[nH]1. The summed E-state index contributed by atoms with van der Waals surface area (Å²) in [5.41, 5.74) is 7.32. The first-order valence-electron chi connectivity index (χ1n) is 5.22. The van der Waals surface area contributed by atoms with E-state index < -0.39 is 0 Å². The van der Waals surface area contributed by atoms with Gasteiger partial charge in [-0.15, -0.1) is 0 Å². The highest BCUT2D eigenvalue weighted by atomic mass is 35.5. The summed E-state index contributed by atoms with van der Waals surface area (Å²) in [6, 6.07) is 1.92. The van der Waals surface area contributed by atoms with E-state index in [1.807, 2.05) is 6.07 Å². The molecule has 2 aromatic rings. The van der Waals surface area contributed by atoms with Crippen LogP contribution in [0, 0.1) is 0 Å². The van der Waals surface area contributed by atoms with Gasteiger partial charge in [0.1, 0.15) is 16.5 Å². The van der Waals surface area contributed by atoms with Crippen molar-refractivity contribution < 1.29 is 0 Å². The fourth-order valence-electron chi connectivity index (χ4n) is 1.32. The Morgan fingerprint density at radius 1 is 1.35 bits per heavy atom. The maximum atomic E-state index is 5.77. The Labute approximate surface area is 104 Å². The van der Waals surface area contributed by atoms with E-state index in [-0.39, 0.29) is 11.2 Å². The fraction of sp³-hybridized carbons (Fsp3) is 0.364. The van der Waals surface area contributed by atoms with E-state index in [9.17, 15) is 0 Å². The zero-order chi connectivity index (χ0) is 12.6. The van der Waals surface area contributed by atoms with Gasteiger partial charge in [0, 0.05) is 11.1 Å². The van der Waals surface area contributed by atoms with Gasteiger partial charge >= 0.3 is 0 Å². The first kappa shape index (κ1) is 11.9. The van der Waals surface area contributed by atoms with Crippen LogP contribution in [-0.4, -0.2) is 20.2 Å². The van der Waals surface area contributed by atoms with Gasteiger partial charge in [0.25, 0.3) is 0 Å². The second-order valence-corrected chi connectivity index (χ2v) is 5.25. The molecule has 0 saturated carbocycles. The number of halogens is 1. The van der Waals surface area contributed by atoms with E-state index in [1.165, 1.54) is 6.20 Å². The van der Waals surface area contributed by atoms with Gasteiger partial charge < -0.3 is 5.73 Å². The Bertz CT molecular complexity index is 541. The number of nitrogens with one attached hydrogen (secondary N) is 1. The molecule has 0 saturated heterocycles. The number of hydrogen-bond acceptors (Lipinski definition) is 4. The summed E-state index contributed by atoms with van der Waals surface area (Å²) in [4.78, 5) is 8.19. The third-order valence-electron chi connectivity index (χ3n) is 2.39. The fourth-order valence-corrected chi connectivity index (χ4v) is 1.42. The van der Waals surface area contributed by atoms with Gasteiger partial charge in [0.05, 0.1) is 6.20 Å². The van der Waals surface area contributed by atoms with Crippen LogP contribution in [0.4, 0.5) is 5.82 Å². The summed E-state index contributed by atoms with van der Waals surface area (Å²) in [5, 5.41) is 7.50. The third kappa shape index (κ3) is 2.39. The molecule has 3 N–H and O–H groups in total. The molecule has 0 fully saturated rings.